The third-order valence-electron chi connectivity index (χ3n) is 2.55. The number of aromatic carboxylic acids is 4. The van der Waals surface area contributed by atoms with Crippen molar-refractivity contribution < 1.29 is 185 Å². The van der Waals surface area contributed by atoms with E-state index in [2.05, 4.69) is 10.2 Å². The molecule has 28 heteroatoms. The molecule has 0 aliphatic carbocycles. The van der Waals surface area contributed by atoms with Gasteiger partial charge in [-0.25, -0.2) is 0 Å². The number of aromatic amines is 2. The predicted octanol–water partition coefficient (Wildman–Crippen LogP) is -16.7. The Labute approximate surface area is 287 Å². The Morgan fingerprint density at radius 2 is 0.690 bits per heavy atom. The van der Waals surface area contributed by atoms with Crippen molar-refractivity contribution in [3.05, 3.63) is 34.9 Å². The molecule has 0 aliphatic heterocycles. The van der Waals surface area contributed by atoms with Gasteiger partial charge in [0.05, 0.1) is 35.3 Å². The molecule has 26 nitrogen and oxygen atoms in total. The van der Waals surface area contributed by atoms with Crippen LogP contribution in [0, 0.1) is 71.2 Å². The fourth-order valence-corrected chi connectivity index (χ4v) is 1.27. The van der Waals surface area contributed by atoms with Crippen LogP contribution in [0.4, 0.5) is 0 Å². The molecule has 0 amide bonds. The molecule has 22 N–H and O–H groups in total. The van der Waals surface area contributed by atoms with Crippen LogP contribution in [0.15, 0.2) is 12.1 Å². The van der Waals surface area contributed by atoms with Gasteiger partial charge in [0.2, 0.25) is 0 Å². The van der Waals surface area contributed by atoms with Gasteiger partial charge in [-0.15, -0.1) is 0 Å². The number of carboxylic acids is 6. The summed E-state index contributed by atoms with van der Waals surface area (Å²) in [5.41, 5.74) is -1.68. The second-order valence-corrected chi connectivity index (χ2v) is 4.73. The van der Waals surface area contributed by atoms with Gasteiger partial charge in [-0.1, -0.05) is 0 Å². The number of carbonyl (C=O) groups is 6. The maximum Gasteiger partial charge on any atom is 3.00 e. The molecule has 0 saturated heterocycles. The molecule has 0 radical (unpaired) electrons. The number of rotatable bonds is 7. The SMILES string of the molecule is O.O.O.O.O.O.O.O.O.O.O=C([O-])CCC(=O)[O-].O=C([O-])c1cc(C(=O)[O-])[nH]n1.O=C([O-])c1cc(C(=O)[O-])[nH]n1.[La+3].[La+3]. The van der Waals surface area contributed by atoms with Crippen molar-refractivity contribution in [1.82, 2.24) is 20.4 Å². The topological polar surface area (TPSA) is 613 Å². The Bertz CT molecular complexity index is 833. The first kappa shape index (κ1) is 83.3. The molecule has 2 heterocycles. The molecule has 2 rings (SSSR count). The number of carbonyl (C=O) groups excluding carboxylic acids is 6. The van der Waals surface area contributed by atoms with Gasteiger partial charge in [-0.3, -0.25) is 10.2 Å². The summed E-state index contributed by atoms with van der Waals surface area (Å²) in [5.74, 6) is -8.82. The standard InChI is InChI=1S/2C5H4N2O4.C4H6O4.2La.10H2O/c2*8-4(9)2-1-3(5(10)11)7-6-2;5-3(6)1-2-4(7)8;;;;;;;;;;;;/h2*1H,(H,6,7)(H,8,9)(H,10,11);1-2H2,(H,5,6)(H,7,8);;;10*1H2/q;;;2*+3;;;;;;;;;;/p-6. The number of carboxylic acid groups (broad SMARTS) is 6. The molecule has 0 unspecified atom stereocenters. The van der Waals surface area contributed by atoms with E-state index in [1.54, 1.807) is 0 Å². The number of H-pyrrole nitrogens is 2. The minimum absolute atomic E-state index is 0. The zero-order chi connectivity index (χ0) is 23.4. The molecule has 0 aromatic carbocycles. The average Bonchev–Trinajstić information content (AvgIpc) is 3.31. The largest absolute Gasteiger partial charge is 3.00 e. The number of aromatic nitrogens is 4. The van der Waals surface area contributed by atoms with E-state index in [4.69, 9.17) is 0 Å². The Morgan fingerprint density at radius 3 is 0.786 bits per heavy atom. The van der Waals surface area contributed by atoms with E-state index in [9.17, 15) is 59.4 Å². The summed E-state index contributed by atoms with van der Waals surface area (Å²) < 4.78 is 0. The summed E-state index contributed by atoms with van der Waals surface area (Å²) in [6.07, 6.45) is -0.940. The Morgan fingerprint density at radius 1 is 0.476 bits per heavy atom. The van der Waals surface area contributed by atoms with Crippen LogP contribution in [0.3, 0.4) is 0 Å². The van der Waals surface area contributed by atoms with E-state index in [-0.39, 0.29) is 137 Å². The van der Waals surface area contributed by atoms with Crippen molar-refractivity contribution in [3.63, 3.8) is 0 Å². The summed E-state index contributed by atoms with van der Waals surface area (Å²) in [5, 5.41) is 69.3. The molecule has 242 valence electrons. The maximum atomic E-state index is 10.0. The third-order valence-corrected chi connectivity index (χ3v) is 2.55. The van der Waals surface area contributed by atoms with E-state index < -0.39 is 60.0 Å². The normalized spacial score (nSPS) is 6.57. The third kappa shape index (κ3) is 37.2. The van der Waals surface area contributed by atoms with Gasteiger partial charge in [0.1, 0.15) is 11.4 Å². The predicted molar refractivity (Wildman–Crippen MR) is 110 cm³/mol. The monoisotopic (exact) mass is 882 g/mol. The molecule has 2 aromatic heterocycles. The van der Waals surface area contributed by atoms with E-state index in [0.29, 0.717) is 0 Å². The van der Waals surface area contributed by atoms with Crippen molar-refractivity contribution >= 4 is 35.8 Å². The summed E-state index contributed by atoms with van der Waals surface area (Å²) >= 11 is 0. The van der Waals surface area contributed by atoms with Crippen LogP contribution >= 0.6 is 0 Å². The Kier molecular flexibility index (Phi) is 84.7. The van der Waals surface area contributed by atoms with Crippen LogP contribution in [-0.4, -0.2) is 111 Å². The zero-order valence-electron chi connectivity index (χ0n) is 20.5. The molecule has 0 saturated carbocycles. The van der Waals surface area contributed by atoms with Crippen molar-refractivity contribution in [2.75, 3.05) is 0 Å². The average molecular weight is 882 g/mol. The number of hydrogen-bond donors (Lipinski definition) is 2. The first-order valence-corrected chi connectivity index (χ1v) is 7.21. The van der Waals surface area contributed by atoms with Gasteiger partial charge in [0, 0.05) is 11.9 Å². The van der Waals surface area contributed by atoms with Gasteiger partial charge in [0.15, 0.2) is 0 Å². The molecule has 0 aliphatic rings. The van der Waals surface area contributed by atoms with Crippen LogP contribution in [0.5, 0.6) is 0 Å². The minimum Gasteiger partial charge on any atom is -0.550 e. The smallest absolute Gasteiger partial charge is 0.550 e. The molecular weight excluding hydrogens is 854 g/mol. The minimum atomic E-state index is -1.53. The number of hydrogen-bond acceptors (Lipinski definition) is 14. The Balaban J connectivity index is -0.0000000241. The summed E-state index contributed by atoms with van der Waals surface area (Å²) in [6.45, 7) is 0. The van der Waals surface area contributed by atoms with Gasteiger partial charge in [-0.2, -0.15) is 10.2 Å². The van der Waals surface area contributed by atoms with Gasteiger partial charge in [-0.05, 0) is 25.0 Å². The van der Waals surface area contributed by atoms with Gasteiger partial charge >= 0.3 is 71.2 Å². The number of aliphatic carboxylic acids is 2. The fourth-order valence-electron chi connectivity index (χ4n) is 1.27. The van der Waals surface area contributed by atoms with Crippen LogP contribution in [0.1, 0.15) is 54.8 Å². The first-order chi connectivity index (χ1) is 13.8. The van der Waals surface area contributed by atoms with Crippen molar-refractivity contribution in [3.8, 4) is 0 Å². The quantitative estimate of drug-likeness (QED) is 0.261. The van der Waals surface area contributed by atoms with Crippen LogP contribution in [0.2, 0.25) is 0 Å². The summed E-state index contributed by atoms with van der Waals surface area (Å²) in [4.78, 5) is 59.1. The summed E-state index contributed by atoms with van der Waals surface area (Å²) in [6, 6.07) is 1.65. The van der Waals surface area contributed by atoms with E-state index in [1.807, 2.05) is 10.2 Å². The van der Waals surface area contributed by atoms with Crippen molar-refractivity contribution in [2.45, 2.75) is 12.8 Å². The Hall–Kier alpha value is -2.77. The van der Waals surface area contributed by atoms with Crippen molar-refractivity contribution in [2.24, 2.45) is 0 Å². The molecular formula is C14H28La2N4O22. The van der Waals surface area contributed by atoms with Crippen LogP contribution in [0.25, 0.3) is 0 Å². The van der Waals surface area contributed by atoms with E-state index >= 15 is 0 Å². The molecule has 0 bridgehead atoms. The second kappa shape index (κ2) is 42.7. The van der Waals surface area contributed by atoms with Crippen molar-refractivity contribution in [1.29, 1.82) is 0 Å². The van der Waals surface area contributed by atoms with Crippen LogP contribution in [-0.2, 0) is 9.59 Å². The molecule has 0 atom stereocenters. The first-order valence-electron chi connectivity index (χ1n) is 7.21. The molecule has 2 aromatic rings. The molecule has 0 fully saturated rings. The van der Waals surface area contributed by atoms with Gasteiger partial charge in [0.25, 0.3) is 0 Å². The number of nitrogens with one attached hydrogen (secondary N) is 2. The maximum absolute atomic E-state index is 10.0. The fraction of sp³-hybridized carbons (Fsp3) is 0.143. The molecule has 42 heavy (non-hydrogen) atoms. The summed E-state index contributed by atoms with van der Waals surface area (Å²) in [7, 11) is 0. The van der Waals surface area contributed by atoms with Crippen LogP contribution < -0.4 is 30.6 Å². The number of nitrogens with zero attached hydrogens (tertiary/aromatic N) is 2. The van der Waals surface area contributed by atoms with E-state index in [1.165, 1.54) is 0 Å². The molecule has 0 spiro atoms. The van der Waals surface area contributed by atoms with E-state index in [0.717, 1.165) is 12.1 Å². The van der Waals surface area contributed by atoms with Gasteiger partial charge < -0.3 is 114 Å². The second-order valence-electron chi connectivity index (χ2n) is 4.73. The zero-order valence-corrected chi connectivity index (χ0v) is 27.8.